The van der Waals surface area contributed by atoms with E-state index in [2.05, 4.69) is 10.3 Å². The Morgan fingerprint density at radius 1 is 1.29 bits per heavy atom. The van der Waals surface area contributed by atoms with E-state index in [9.17, 15) is 14.0 Å². The SMILES string of the molecule is CC(C)OCCCn1c(SCC(=O)Nc2ccc(Cl)cc2F)nc2ccccc2c1=O. The second kappa shape index (κ2) is 10.7. The molecular formula is C22H23ClFN3O3S. The van der Waals surface area contributed by atoms with E-state index in [4.69, 9.17) is 16.3 Å². The highest BCUT2D eigenvalue weighted by molar-refractivity contribution is 7.99. The molecule has 0 fully saturated rings. The van der Waals surface area contributed by atoms with Gasteiger partial charge in [0, 0.05) is 18.2 Å². The van der Waals surface area contributed by atoms with Crippen LogP contribution in [0.3, 0.4) is 0 Å². The van der Waals surface area contributed by atoms with Crippen molar-refractivity contribution < 1.29 is 13.9 Å². The number of rotatable bonds is 9. The van der Waals surface area contributed by atoms with Crippen molar-refractivity contribution in [3.05, 3.63) is 63.7 Å². The number of benzene rings is 2. The van der Waals surface area contributed by atoms with E-state index >= 15 is 0 Å². The van der Waals surface area contributed by atoms with E-state index in [1.807, 2.05) is 13.8 Å². The summed E-state index contributed by atoms with van der Waals surface area (Å²) in [5.74, 6) is -1.06. The number of halogens is 2. The van der Waals surface area contributed by atoms with Crippen molar-refractivity contribution in [1.29, 1.82) is 0 Å². The van der Waals surface area contributed by atoms with Crippen molar-refractivity contribution in [2.45, 2.75) is 38.1 Å². The van der Waals surface area contributed by atoms with Crippen LogP contribution in [0.2, 0.25) is 5.02 Å². The highest BCUT2D eigenvalue weighted by atomic mass is 35.5. The van der Waals surface area contributed by atoms with Gasteiger partial charge in [-0.2, -0.15) is 0 Å². The number of hydrogen-bond acceptors (Lipinski definition) is 5. The maximum atomic E-state index is 13.9. The second-order valence-electron chi connectivity index (χ2n) is 7.10. The fourth-order valence-electron chi connectivity index (χ4n) is 2.90. The third kappa shape index (κ3) is 6.29. The summed E-state index contributed by atoms with van der Waals surface area (Å²) in [5, 5.41) is 3.71. The number of carbonyl (C=O) groups excluding carboxylic acids is 1. The largest absolute Gasteiger partial charge is 0.379 e. The Bertz CT molecular complexity index is 1140. The number of hydrogen-bond donors (Lipinski definition) is 1. The molecule has 1 aromatic heterocycles. The monoisotopic (exact) mass is 463 g/mol. The summed E-state index contributed by atoms with van der Waals surface area (Å²) in [6, 6.07) is 11.1. The van der Waals surface area contributed by atoms with Gasteiger partial charge in [0.15, 0.2) is 5.16 Å². The number of para-hydroxylation sites is 1. The molecule has 31 heavy (non-hydrogen) atoms. The molecular weight excluding hydrogens is 441 g/mol. The van der Waals surface area contributed by atoms with Crippen LogP contribution in [0, 0.1) is 5.82 Å². The molecule has 0 aliphatic rings. The lowest BCUT2D eigenvalue weighted by molar-refractivity contribution is -0.113. The minimum Gasteiger partial charge on any atom is -0.379 e. The topological polar surface area (TPSA) is 73.2 Å². The number of amides is 1. The van der Waals surface area contributed by atoms with Gasteiger partial charge < -0.3 is 10.1 Å². The molecule has 0 unspecified atom stereocenters. The Kier molecular flexibility index (Phi) is 8.06. The number of carbonyl (C=O) groups is 1. The van der Waals surface area contributed by atoms with Gasteiger partial charge in [-0.15, -0.1) is 0 Å². The number of fused-ring (bicyclic) bond motifs is 1. The smallest absolute Gasteiger partial charge is 0.262 e. The second-order valence-corrected chi connectivity index (χ2v) is 8.48. The summed E-state index contributed by atoms with van der Waals surface area (Å²) in [4.78, 5) is 29.9. The molecule has 0 aliphatic heterocycles. The van der Waals surface area contributed by atoms with Crippen LogP contribution in [0.4, 0.5) is 10.1 Å². The number of nitrogens with one attached hydrogen (secondary N) is 1. The maximum Gasteiger partial charge on any atom is 0.262 e. The van der Waals surface area contributed by atoms with Crippen LogP contribution >= 0.6 is 23.4 Å². The summed E-state index contributed by atoms with van der Waals surface area (Å²) in [5.41, 5.74) is 0.445. The molecule has 0 spiro atoms. The van der Waals surface area contributed by atoms with Gasteiger partial charge >= 0.3 is 0 Å². The van der Waals surface area contributed by atoms with Crippen molar-refractivity contribution in [3.8, 4) is 0 Å². The molecule has 3 rings (SSSR count). The zero-order chi connectivity index (χ0) is 22.4. The first-order chi connectivity index (χ1) is 14.8. The van der Waals surface area contributed by atoms with E-state index in [0.717, 1.165) is 17.8 Å². The van der Waals surface area contributed by atoms with E-state index in [1.165, 1.54) is 12.1 Å². The predicted molar refractivity (Wildman–Crippen MR) is 122 cm³/mol. The standard InChI is InChI=1S/C22H23ClFN3O3S/c1-14(2)30-11-5-10-27-21(29)16-6-3-4-7-18(16)26-22(27)31-13-20(28)25-19-9-8-15(23)12-17(19)24/h3-4,6-9,12,14H,5,10-11,13H2,1-2H3,(H,25,28). The molecule has 1 amide bonds. The van der Waals surface area contributed by atoms with Crippen LogP contribution in [-0.4, -0.2) is 33.9 Å². The van der Waals surface area contributed by atoms with Gasteiger partial charge in [-0.05, 0) is 50.6 Å². The van der Waals surface area contributed by atoms with Crippen molar-refractivity contribution in [2.75, 3.05) is 17.7 Å². The molecule has 6 nitrogen and oxygen atoms in total. The quantitative estimate of drug-likeness (QED) is 0.282. The first kappa shape index (κ1) is 23.2. The first-order valence-electron chi connectivity index (χ1n) is 9.84. The molecule has 9 heteroatoms. The number of thioether (sulfide) groups is 1. The minimum atomic E-state index is -0.614. The van der Waals surface area contributed by atoms with E-state index in [0.29, 0.717) is 35.6 Å². The van der Waals surface area contributed by atoms with Gasteiger partial charge in [0.05, 0.1) is 28.4 Å². The van der Waals surface area contributed by atoms with Gasteiger partial charge in [0.25, 0.3) is 5.56 Å². The van der Waals surface area contributed by atoms with Gasteiger partial charge in [0.1, 0.15) is 5.82 Å². The molecule has 0 radical (unpaired) electrons. The fourth-order valence-corrected chi connectivity index (χ4v) is 3.89. The number of anilines is 1. The van der Waals surface area contributed by atoms with Crippen molar-refractivity contribution in [1.82, 2.24) is 9.55 Å². The summed E-state index contributed by atoms with van der Waals surface area (Å²) in [6.45, 7) is 4.83. The van der Waals surface area contributed by atoms with Crippen molar-refractivity contribution in [3.63, 3.8) is 0 Å². The fraction of sp³-hybridized carbons (Fsp3) is 0.318. The summed E-state index contributed by atoms with van der Waals surface area (Å²) in [7, 11) is 0. The van der Waals surface area contributed by atoms with Gasteiger partial charge in [-0.3, -0.25) is 14.2 Å². The highest BCUT2D eigenvalue weighted by Gasteiger charge is 2.14. The Hall–Kier alpha value is -2.42. The van der Waals surface area contributed by atoms with Gasteiger partial charge in [0.2, 0.25) is 5.91 Å². The van der Waals surface area contributed by atoms with Crippen LogP contribution in [0.25, 0.3) is 10.9 Å². The highest BCUT2D eigenvalue weighted by Crippen LogP contribution is 2.21. The minimum absolute atomic E-state index is 0.0324. The zero-order valence-electron chi connectivity index (χ0n) is 17.2. The van der Waals surface area contributed by atoms with Crippen LogP contribution in [-0.2, 0) is 16.1 Å². The lowest BCUT2D eigenvalue weighted by atomic mass is 10.2. The molecule has 3 aromatic rings. The van der Waals surface area contributed by atoms with Crippen molar-refractivity contribution in [2.24, 2.45) is 0 Å². The Morgan fingerprint density at radius 3 is 2.81 bits per heavy atom. The molecule has 1 heterocycles. The van der Waals surface area contributed by atoms with E-state index < -0.39 is 11.7 Å². The predicted octanol–water partition coefficient (Wildman–Crippen LogP) is 4.73. The average Bonchev–Trinajstić information content (AvgIpc) is 2.73. The summed E-state index contributed by atoms with van der Waals surface area (Å²) >= 11 is 6.86. The normalized spacial score (nSPS) is 11.3. The Labute approximate surface area is 188 Å². The van der Waals surface area contributed by atoms with Gasteiger partial charge in [-0.25, -0.2) is 9.37 Å². The van der Waals surface area contributed by atoms with Crippen LogP contribution in [0.15, 0.2) is 52.4 Å². The lowest BCUT2D eigenvalue weighted by Crippen LogP contribution is -2.25. The summed E-state index contributed by atoms with van der Waals surface area (Å²) in [6.07, 6.45) is 0.741. The molecule has 164 valence electrons. The van der Waals surface area contributed by atoms with E-state index in [-0.39, 0.29) is 28.1 Å². The molecule has 0 atom stereocenters. The van der Waals surface area contributed by atoms with Crippen LogP contribution in [0.1, 0.15) is 20.3 Å². The maximum absolute atomic E-state index is 13.9. The van der Waals surface area contributed by atoms with Crippen LogP contribution < -0.4 is 10.9 Å². The third-order valence-corrected chi connectivity index (χ3v) is 5.55. The Morgan fingerprint density at radius 2 is 2.06 bits per heavy atom. The molecule has 2 aromatic carbocycles. The van der Waals surface area contributed by atoms with Crippen LogP contribution in [0.5, 0.6) is 0 Å². The van der Waals surface area contributed by atoms with E-state index in [1.54, 1.807) is 28.8 Å². The molecule has 0 saturated carbocycles. The van der Waals surface area contributed by atoms with Gasteiger partial charge in [-0.1, -0.05) is 35.5 Å². The van der Waals surface area contributed by atoms with Crippen molar-refractivity contribution >= 4 is 45.9 Å². The molecule has 0 bridgehead atoms. The Balaban J connectivity index is 1.76. The lowest BCUT2D eigenvalue weighted by Gasteiger charge is -2.14. The molecule has 1 N–H and O–H groups in total. The average molecular weight is 464 g/mol. The zero-order valence-corrected chi connectivity index (χ0v) is 18.8. The molecule has 0 saturated heterocycles. The third-order valence-electron chi connectivity index (χ3n) is 4.34. The molecule has 0 aliphatic carbocycles. The number of aromatic nitrogens is 2. The number of nitrogens with zero attached hydrogens (tertiary/aromatic N) is 2. The first-order valence-corrected chi connectivity index (χ1v) is 11.2. The summed E-state index contributed by atoms with van der Waals surface area (Å²) < 4.78 is 21.0. The number of ether oxygens (including phenoxy) is 1.